The topological polar surface area (TPSA) is 64.4 Å². The predicted molar refractivity (Wildman–Crippen MR) is 129 cm³/mol. The van der Waals surface area contributed by atoms with Gasteiger partial charge in [-0.15, -0.1) is 0 Å². The van der Waals surface area contributed by atoms with Gasteiger partial charge in [0.1, 0.15) is 17.9 Å². The fraction of sp³-hybridized carbons (Fsp3) is 0.444. The number of hydrogen-bond donors (Lipinski definition) is 0. The minimum Gasteiger partial charge on any atom is -0.492 e. The molecule has 0 aliphatic carbocycles. The number of furan rings is 1. The summed E-state index contributed by atoms with van der Waals surface area (Å²) in [6, 6.07) is 15.8. The molecule has 0 unspecified atom stereocenters. The molecule has 0 radical (unpaired) electrons. The minimum absolute atomic E-state index is 0.0237. The third-order valence-electron chi connectivity index (χ3n) is 6.53. The highest BCUT2D eigenvalue weighted by Crippen LogP contribution is 2.22. The van der Waals surface area contributed by atoms with Gasteiger partial charge in [-0.1, -0.05) is 18.2 Å². The summed E-state index contributed by atoms with van der Waals surface area (Å²) in [7, 11) is 0. The molecule has 0 saturated carbocycles. The second-order valence-corrected chi connectivity index (χ2v) is 9.02. The van der Waals surface area contributed by atoms with Crippen molar-refractivity contribution in [3.8, 4) is 5.75 Å². The Hall–Kier alpha value is -2.87. The van der Waals surface area contributed by atoms with Crippen LogP contribution in [0.15, 0.2) is 59.2 Å². The molecule has 2 aromatic carbocycles. The molecule has 3 heterocycles. The van der Waals surface area contributed by atoms with Crippen molar-refractivity contribution in [1.29, 1.82) is 0 Å². The third-order valence-corrected chi connectivity index (χ3v) is 6.53. The van der Waals surface area contributed by atoms with E-state index in [1.807, 2.05) is 35.2 Å². The van der Waals surface area contributed by atoms with Crippen LogP contribution >= 0.6 is 0 Å². The van der Waals surface area contributed by atoms with Gasteiger partial charge in [-0.2, -0.15) is 0 Å². The van der Waals surface area contributed by atoms with Gasteiger partial charge in [-0.05, 0) is 42.3 Å². The van der Waals surface area contributed by atoms with Gasteiger partial charge < -0.3 is 23.5 Å². The summed E-state index contributed by atoms with van der Waals surface area (Å²) in [5.74, 6) is 0.982. The lowest BCUT2D eigenvalue weighted by Crippen LogP contribution is -2.38. The number of carbonyl (C=O) groups is 1. The van der Waals surface area contributed by atoms with Crippen LogP contribution in [0, 0.1) is 5.92 Å². The van der Waals surface area contributed by atoms with Gasteiger partial charge in [0.15, 0.2) is 0 Å². The van der Waals surface area contributed by atoms with Gasteiger partial charge in [0, 0.05) is 49.6 Å². The Bertz CT molecular complexity index is 1090. The number of rotatable bonds is 7. The average Bonchev–Trinajstić information content (AvgIpc) is 3.22. The van der Waals surface area contributed by atoms with Gasteiger partial charge in [0.25, 0.3) is 5.91 Å². The highest BCUT2D eigenvalue weighted by Gasteiger charge is 2.24. The van der Waals surface area contributed by atoms with Crippen molar-refractivity contribution in [1.82, 2.24) is 9.80 Å². The Balaban J connectivity index is 1.19. The Morgan fingerprint density at radius 2 is 1.88 bits per heavy atom. The number of amides is 1. The molecule has 1 atom stereocenters. The molecule has 1 amide bonds. The van der Waals surface area contributed by atoms with Crippen LogP contribution in [0.4, 0.5) is 0 Å². The molecule has 0 spiro atoms. The van der Waals surface area contributed by atoms with Gasteiger partial charge in [-0.3, -0.25) is 9.69 Å². The van der Waals surface area contributed by atoms with Crippen molar-refractivity contribution in [3.63, 3.8) is 0 Å². The fourth-order valence-electron chi connectivity index (χ4n) is 4.67. The molecule has 180 valence electrons. The van der Waals surface area contributed by atoms with Crippen LogP contribution in [0.1, 0.15) is 15.9 Å². The average molecular weight is 465 g/mol. The van der Waals surface area contributed by atoms with Gasteiger partial charge >= 0.3 is 0 Å². The molecule has 3 aromatic rings. The molecule has 5 rings (SSSR count). The molecule has 7 nitrogen and oxygen atoms in total. The Morgan fingerprint density at radius 3 is 2.79 bits per heavy atom. The molecule has 1 aromatic heterocycles. The summed E-state index contributed by atoms with van der Waals surface area (Å²) in [6.45, 7) is 7.34. The van der Waals surface area contributed by atoms with Crippen LogP contribution in [0.5, 0.6) is 5.75 Å². The molecular formula is C27H32N2O5. The van der Waals surface area contributed by atoms with Crippen molar-refractivity contribution >= 4 is 16.9 Å². The van der Waals surface area contributed by atoms with Crippen molar-refractivity contribution in [2.24, 2.45) is 5.92 Å². The molecule has 34 heavy (non-hydrogen) atoms. The second-order valence-electron chi connectivity index (χ2n) is 9.02. The summed E-state index contributed by atoms with van der Waals surface area (Å²) >= 11 is 0. The van der Waals surface area contributed by atoms with E-state index in [9.17, 15) is 4.79 Å². The number of ether oxygens (including phenoxy) is 3. The van der Waals surface area contributed by atoms with E-state index in [1.54, 1.807) is 6.26 Å². The maximum Gasteiger partial charge on any atom is 0.254 e. The lowest BCUT2D eigenvalue weighted by atomic mass is 9.98. The Labute approximate surface area is 200 Å². The van der Waals surface area contributed by atoms with Gasteiger partial charge in [0.2, 0.25) is 0 Å². The summed E-state index contributed by atoms with van der Waals surface area (Å²) < 4.78 is 22.7. The van der Waals surface area contributed by atoms with E-state index in [2.05, 4.69) is 23.1 Å². The van der Waals surface area contributed by atoms with E-state index in [-0.39, 0.29) is 11.8 Å². The predicted octanol–water partition coefficient (Wildman–Crippen LogP) is 3.48. The first-order valence-corrected chi connectivity index (χ1v) is 12.1. The molecule has 2 aliphatic rings. The maximum atomic E-state index is 13.3. The number of benzene rings is 2. The largest absolute Gasteiger partial charge is 0.492 e. The minimum atomic E-state index is 0.0237. The SMILES string of the molecule is O=C(c1cccc(OCCN2CCOCC2)c1)N1CCOC[C@@H](Cc2ccc3ccoc3c2)C1. The molecule has 0 N–H and O–H groups in total. The number of carbonyl (C=O) groups excluding carboxylic acids is 1. The van der Waals surface area contributed by atoms with E-state index in [4.69, 9.17) is 18.6 Å². The van der Waals surface area contributed by atoms with E-state index in [0.29, 0.717) is 38.5 Å². The molecule has 0 bridgehead atoms. The van der Waals surface area contributed by atoms with Crippen LogP contribution in [0.25, 0.3) is 11.0 Å². The number of hydrogen-bond acceptors (Lipinski definition) is 6. The van der Waals surface area contributed by atoms with Crippen molar-refractivity contribution in [3.05, 3.63) is 65.9 Å². The molecular weight excluding hydrogens is 432 g/mol. The van der Waals surface area contributed by atoms with Crippen LogP contribution in [0.3, 0.4) is 0 Å². The monoisotopic (exact) mass is 464 g/mol. The number of fused-ring (bicyclic) bond motifs is 1. The zero-order valence-electron chi connectivity index (χ0n) is 19.5. The van der Waals surface area contributed by atoms with Crippen LogP contribution < -0.4 is 4.74 Å². The molecule has 7 heteroatoms. The highest BCUT2D eigenvalue weighted by molar-refractivity contribution is 5.94. The molecule has 2 fully saturated rings. The maximum absolute atomic E-state index is 13.3. The smallest absolute Gasteiger partial charge is 0.254 e. The number of morpholine rings is 1. The Kier molecular flexibility index (Phi) is 7.43. The van der Waals surface area contributed by atoms with E-state index >= 15 is 0 Å². The second kappa shape index (κ2) is 11.0. The van der Waals surface area contributed by atoms with Crippen molar-refractivity contribution in [2.45, 2.75) is 6.42 Å². The first-order chi connectivity index (χ1) is 16.7. The standard InChI is InChI=1S/C27H32N2O5/c30-27(24-2-1-3-25(18-24)33-15-9-28-7-12-31-13-8-28)29-10-14-32-20-22(19-29)16-21-4-5-23-6-11-34-26(23)17-21/h1-6,11,17-18,22H,7-10,12-16,19-20H2/t22-/m0/s1. The number of nitrogens with zero attached hydrogens (tertiary/aromatic N) is 2. The van der Waals surface area contributed by atoms with Crippen LogP contribution in [-0.4, -0.2) is 81.5 Å². The van der Waals surface area contributed by atoms with E-state index in [1.165, 1.54) is 5.56 Å². The Morgan fingerprint density at radius 1 is 1.00 bits per heavy atom. The van der Waals surface area contributed by atoms with Crippen LogP contribution in [-0.2, 0) is 15.9 Å². The van der Waals surface area contributed by atoms with Crippen molar-refractivity contribution < 1.29 is 23.4 Å². The van der Waals surface area contributed by atoms with Gasteiger partial charge in [-0.25, -0.2) is 0 Å². The molecule has 2 aliphatic heterocycles. The van der Waals surface area contributed by atoms with E-state index in [0.717, 1.165) is 56.0 Å². The summed E-state index contributed by atoms with van der Waals surface area (Å²) in [4.78, 5) is 17.6. The van der Waals surface area contributed by atoms with Gasteiger partial charge in [0.05, 0.1) is 32.7 Å². The highest BCUT2D eigenvalue weighted by atomic mass is 16.5. The summed E-state index contributed by atoms with van der Waals surface area (Å²) in [5, 5.41) is 1.10. The lowest BCUT2D eigenvalue weighted by Gasteiger charge is -2.26. The third kappa shape index (κ3) is 5.78. The summed E-state index contributed by atoms with van der Waals surface area (Å²) in [6.07, 6.45) is 2.55. The van der Waals surface area contributed by atoms with E-state index < -0.39 is 0 Å². The first kappa shape index (κ1) is 22.9. The molecule has 2 saturated heterocycles. The normalized spacial score (nSPS) is 19.8. The zero-order chi connectivity index (χ0) is 23.2. The first-order valence-electron chi connectivity index (χ1n) is 12.1. The lowest BCUT2D eigenvalue weighted by molar-refractivity contribution is 0.0322. The van der Waals surface area contributed by atoms with Crippen LogP contribution in [0.2, 0.25) is 0 Å². The zero-order valence-corrected chi connectivity index (χ0v) is 19.5. The fourth-order valence-corrected chi connectivity index (χ4v) is 4.67. The quantitative estimate of drug-likeness (QED) is 0.534. The van der Waals surface area contributed by atoms with Crippen molar-refractivity contribution in [2.75, 3.05) is 65.8 Å². The summed E-state index contributed by atoms with van der Waals surface area (Å²) in [5.41, 5.74) is 2.74.